The molecule has 8 nitrogen and oxygen atoms in total. The van der Waals surface area contributed by atoms with Gasteiger partial charge in [-0.05, 0) is 44.9 Å². The van der Waals surface area contributed by atoms with E-state index in [4.69, 9.17) is 4.74 Å². The molecule has 0 aromatic heterocycles. The molecule has 4 aliphatic rings. The predicted octanol–water partition coefficient (Wildman–Crippen LogP) is 1.53. The van der Waals surface area contributed by atoms with Crippen LogP contribution in [0.3, 0.4) is 0 Å². The molecule has 190 valence electrons. The van der Waals surface area contributed by atoms with Gasteiger partial charge in [0.25, 0.3) is 0 Å². The van der Waals surface area contributed by atoms with E-state index in [2.05, 4.69) is 10.6 Å². The second-order valence-electron chi connectivity index (χ2n) is 10.5. The summed E-state index contributed by atoms with van der Waals surface area (Å²) in [6, 6.07) is -0.780. The van der Waals surface area contributed by atoms with Crippen LogP contribution in [0.5, 0.6) is 0 Å². The van der Waals surface area contributed by atoms with E-state index in [9.17, 15) is 18.0 Å². The second-order valence-corrected chi connectivity index (χ2v) is 12.6. The summed E-state index contributed by atoms with van der Waals surface area (Å²) < 4.78 is 30.8. The van der Waals surface area contributed by atoms with Crippen molar-refractivity contribution in [3.05, 3.63) is 0 Å². The van der Waals surface area contributed by atoms with Crippen molar-refractivity contribution < 1.29 is 22.7 Å². The van der Waals surface area contributed by atoms with E-state index in [1.165, 1.54) is 19.3 Å². The van der Waals surface area contributed by atoms with E-state index >= 15 is 0 Å². The lowest BCUT2D eigenvalue weighted by atomic mass is 9.72. The third-order valence-electron chi connectivity index (χ3n) is 7.96. The largest absolute Gasteiger partial charge is 0.376 e. The summed E-state index contributed by atoms with van der Waals surface area (Å²) >= 11 is 0. The monoisotopic (exact) mass is 505 g/mol. The summed E-state index contributed by atoms with van der Waals surface area (Å²) in [6.45, 7) is 4.93. The fourth-order valence-electron chi connectivity index (χ4n) is 5.86. The van der Waals surface area contributed by atoms with Crippen LogP contribution in [-0.4, -0.2) is 81.6 Å². The average Bonchev–Trinajstić information content (AvgIpc) is 3.09. The number of nitrogens with one attached hydrogen (secondary N) is 2. The Morgan fingerprint density at radius 1 is 1.09 bits per heavy atom. The lowest BCUT2D eigenvalue weighted by Crippen LogP contribution is -2.63. The topological polar surface area (TPSA) is 105 Å². The molecule has 2 N–H and O–H groups in total. The van der Waals surface area contributed by atoms with Gasteiger partial charge in [0.05, 0.1) is 23.5 Å². The van der Waals surface area contributed by atoms with Crippen LogP contribution in [0, 0.1) is 17.3 Å². The normalized spacial score (nSPS) is 28.4. The van der Waals surface area contributed by atoms with Crippen molar-refractivity contribution in [3.63, 3.8) is 0 Å². The fourth-order valence-corrected chi connectivity index (χ4v) is 8.27. The van der Waals surface area contributed by atoms with Crippen molar-refractivity contribution in [2.75, 3.05) is 44.3 Å². The molecule has 0 radical (unpaired) electrons. The Morgan fingerprint density at radius 2 is 1.73 bits per heavy atom. The highest BCUT2D eigenvalue weighted by atomic mass is 35.5. The summed E-state index contributed by atoms with van der Waals surface area (Å²) in [5.41, 5.74) is -0.534. The van der Waals surface area contributed by atoms with Gasteiger partial charge in [0.15, 0.2) is 9.84 Å². The Hall–Kier alpha value is -0.900. The average molecular weight is 506 g/mol. The van der Waals surface area contributed by atoms with E-state index < -0.39 is 33.3 Å². The number of carbonyl (C=O) groups excluding carboxylic acids is 2. The minimum atomic E-state index is -3.26. The Bertz CT molecular complexity index is 792. The summed E-state index contributed by atoms with van der Waals surface area (Å²) in [4.78, 5) is 28.6. The lowest BCUT2D eigenvalue weighted by Gasteiger charge is -2.43. The zero-order valence-corrected chi connectivity index (χ0v) is 21.4. The molecule has 1 spiro atoms. The van der Waals surface area contributed by atoms with E-state index in [-0.39, 0.29) is 35.7 Å². The van der Waals surface area contributed by atoms with E-state index in [0.717, 1.165) is 32.1 Å². The maximum absolute atomic E-state index is 13.4. The van der Waals surface area contributed by atoms with Crippen LogP contribution in [0.15, 0.2) is 0 Å². The highest BCUT2D eigenvalue weighted by Crippen LogP contribution is 2.41. The first-order chi connectivity index (χ1) is 15.3. The highest BCUT2D eigenvalue weighted by Gasteiger charge is 2.57. The first-order valence-electron chi connectivity index (χ1n) is 12.4. The smallest absolute Gasteiger partial charge is 0.247 e. The summed E-state index contributed by atoms with van der Waals surface area (Å²) in [7, 11) is -3.26. The standard InChI is InChI=1S/C23H39N3O5S.ClH/c1-17(31-12-18-8-4-2-5-9-18)20(22(28)26-10-6-3-7-11-26)25-21(27)19-13-32(29,30)16-23(19)14-24-15-23;/h17-20,24H,2-16H2,1H3,(H,25,27);1H/t17-,19?,20+;/m1./s1. The maximum Gasteiger partial charge on any atom is 0.247 e. The maximum atomic E-state index is 13.4. The zero-order chi connectivity index (χ0) is 22.8. The number of ether oxygens (including phenoxy) is 1. The molecule has 0 aromatic carbocycles. The van der Waals surface area contributed by atoms with E-state index in [1.54, 1.807) is 0 Å². The van der Waals surface area contributed by atoms with Crippen molar-refractivity contribution in [3.8, 4) is 0 Å². The molecule has 10 heteroatoms. The van der Waals surface area contributed by atoms with Gasteiger partial charge in [-0.2, -0.15) is 0 Å². The van der Waals surface area contributed by atoms with Crippen LogP contribution in [-0.2, 0) is 24.2 Å². The zero-order valence-electron chi connectivity index (χ0n) is 19.7. The van der Waals surface area contributed by atoms with Gasteiger partial charge in [-0.1, -0.05) is 19.3 Å². The number of piperidine rings is 1. The number of halogens is 1. The Labute approximate surface area is 204 Å². The van der Waals surface area contributed by atoms with Gasteiger partial charge in [-0.25, -0.2) is 8.42 Å². The first-order valence-corrected chi connectivity index (χ1v) is 14.2. The minimum absolute atomic E-state index is 0. The second kappa shape index (κ2) is 11.2. The highest BCUT2D eigenvalue weighted by molar-refractivity contribution is 7.91. The predicted molar refractivity (Wildman–Crippen MR) is 129 cm³/mol. The van der Waals surface area contributed by atoms with Crippen LogP contribution in [0.2, 0.25) is 0 Å². The molecule has 4 fully saturated rings. The molecule has 3 atom stereocenters. The van der Waals surface area contributed by atoms with Gasteiger partial charge >= 0.3 is 0 Å². The quantitative estimate of drug-likeness (QED) is 0.543. The van der Waals surface area contributed by atoms with Gasteiger partial charge in [0, 0.05) is 38.2 Å². The third kappa shape index (κ3) is 6.21. The molecule has 0 bridgehead atoms. The first kappa shape index (κ1) is 26.7. The van der Waals surface area contributed by atoms with E-state index in [1.807, 2.05) is 11.8 Å². The van der Waals surface area contributed by atoms with Gasteiger partial charge < -0.3 is 20.3 Å². The number of carbonyl (C=O) groups is 2. The molecule has 33 heavy (non-hydrogen) atoms. The Morgan fingerprint density at radius 3 is 2.33 bits per heavy atom. The number of rotatable bonds is 7. The molecular weight excluding hydrogens is 466 g/mol. The van der Waals surface area contributed by atoms with Crippen molar-refractivity contribution in [2.45, 2.75) is 70.4 Å². The summed E-state index contributed by atoms with van der Waals surface area (Å²) in [6.07, 6.45) is 8.63. The Kier molecular flexibility index (Phi) is 9.08. The number of amides is 2. The van der Waals surface area contributed by atoms with Gasteiger partial charge in [0.2, 0.25) is 11.8 Å². The SMILES string of the molecule is C[C@@H](OCC1CCCCC1)[C@H](NC(=O)C1CS(=O)(=O)CC12CNC2)C(=O)N1CCCCC1.Cl. The number of nitrogens with zero attached hydrogens (tertiary/aromatic N) is 1. The Balaban J connectivity index is 0.00000306. The molecule has 3 aliphatic heterocycles. The lowest BCUT2D eigenvalue weighted by molar-refractivity contribution is -0.144. The van der Waals surface area contributed by atoms with Gasteiger partial charge in [0.1, 0.15) is 6.04 Å². The van der Waals surface area contributed by atoms with Gasteiger partial charge in [-0.3, -0.25) is 9.59 Å². The van der Waals surface area contributed by atoms with Crippen molar-refractivity contribution >= 4 is 34.1 Å². The van der Waals surface area contributed by atoms with Crippen LogP contribution < -0.4 is 10.6 Å². The molecule has 3 heterocycles. The number of hydrogen-bond acceptors (Lipinski definition) is 6. The number of hydrogen-bond donors (Lipinski definition) is 2. The van der Waals surface area contributed by atoms with Crippen LogP contribution in [0.25, 0.3) is 0 Å². The molecular formula is C23H40ClN3O5S. The summed E-state index contributed by atoms with van der Waals surface area (Å²) in [5, 5.41) is 6.09. The third-order valence-corrected chi connectivity index (χ3v) is 9.81. The van der Waals surface area contributed by atoms with Gasteiger partial charge in [-0.15, -0.1) is 12.4 Å². The molecule has 1 aliphatic carbocycles. The fraction of sp³-hybridized carbons (Fsp3) is 0.913. The molecule has 0 aromatic rings. The van der Waals surface area contributed by atoms with Crippen LogP contribution >= 0.6 is 12.4 Å². The molecule has 2 amide bonds. The molecule has 1 saturated carbocycles. The van der Waals surface area contributed by atoms with Crippen molar-refractivity contribution in [1.82, 2.24) is 15.5 Å². The minimum Gasteiger partial charge on any atom is -0.376 e. The van der Waals surface area contributed by atoms with Crippen LogP contribution in [0.4, 0.5) is 0 Å². The van der Waals surface area contributed by atoms with E-state index in [0.29, 0.717) is 38.7 Å². The van der Waals surface area contributed by atoms with Crippen molar-refractivity contribution in [2.24, 2.45) is 17.3 Å². The molecule has 4 rings (SSSR count). The number of likely N-dealkylation sites (tertiary alicyclic amines) is 1. The summed E-state index contributed by atoms with van der Waals surface area (Å²) in [5.74, 6) is -0.619. The van der Waals surface area contributed by atoms with Crippen molar-refractivity contribution in [1.29, 1.82) is 0 Å². The van der Waals surface area contributed by atoms with Crippen LogP contribution in [0.1, 0.15) is 58.3 Å². The molecule has 3 saturated heterocycles. The molecule has 1 unspecified atom stereocenters. The number of sulfone groups is 1.